The first kappa shape index (κ1) is 58.7. The molecule has 2 atom stereocenters. The van der Waals surface area contributed by atoms with Crippen LogP contribution < -0.4 is 0 Å². The molecule has 0 rings (SSSR count). The van der Waals surface area contributed by atoms with E-state index in [0.717, 1.165) is 51.4 Å². The highest BCUT2D eigenvalue weighted by Gasteiger charge is 2.26. The molecule has 2 unspecified atom stereocenters. The first-order chi connectivity index (χ1) is 29.1. The van der Waals surface area contributed by atoms with Crippen molar-refractivity contribution in [2.75, 3.05) is 54.1 Å². The summed E-state index contributed by atoms with van der Waals surface area (Å²) in [4.78, 5) is 23.0. The summed E-state index contributed by atoms with van der Waals surface area (Å²) in [5.74, 6) is -0.314. The third kappa shape index (κ3) is 47.8. The zero-order chi connectivity index (χ0) is 44.1. The second-order valence-corrected chi connectivity index (χ2v) is 19.7. The van der Waals surface area contributed by atoms with Gasteiger partial charge in [0.2, 0.25) is 0 Å². The molecule has 354 valence electrons. The number of phosphoric acid groups is 1. The van der Waals surface area contributed by atoms with Crippen LogP contribution in [0.5, 0.6) is 0 Å². The molecular weight excluding hydrogens is 770 g/mol. The van der Waals surface area contributed by atoms with Gasteiger partial charge < -0.3 is 18.9 Å². The van der Waals surface area contributed by atoms with E-state index < -0.39 is 13.9 Å². The molecule has 0 bridgehead atoms. The van der Waals surface area contributed by atoms with Crippen LogP contribution in [0, 0.1) is 0 Å². The van der Waals surface area contributed by atoms with Crippen molar-refractivity contribution in [2.45, 2.75) is 232 Å². The van der Waals surface area contributed by atoms with Gasteiger partial charge in [-0.1, -0.05) is 204 Å². The van der Waals surface area contributed by atoms with Crippen molar-refractivity contribution in [3.63, 3.8) is 0 Å². The van der Waals surface area contributed by atoms with Crippen LogP contribution in [0.1, 0.15) is 226 Å². The van der Waals surface area contributed by atoms with Crippen molar-refractivity contribution in [2.24, 2.45) is 0 Å². The van der Waals surface area contributed by atoms with Crippen molar-refractivity contribution < 1.29 is 37.3 Å². The Hall–Kier alpha value is -1.28. The average Bonchev–Trinajstić information content (AvgIpc) is 3.20. The fourth-order valence-corrected chi connectivity index (χ4v) is 7.77. The third-order valence-electron chi connectivity index (χ3n) is 11.0. The number of esters is 1. The number of hydrogen-bond acceptors (Lipinski definition) is 6. The first-order valence-electron chi connectivity index (χ1n) is 25.2. The molecule has 0 aliphatic heterocycles. The molecule has 0 saturated carbocycles. The van der Waals surface area contributed by atoms with Crippen LogP contribution in [0.25, 0.3) is 0 Å². The standard InChI is InChI=1S/C51H98NO7P/c1-6-8-10-12-14-16-18-20-22-24-25-26-27-28-29-31-33-35-37-39-41-43-46-56-48-50(49-58-60(54,55)57-47-45-52(3,4)5)59-51(53)44-42-40-38-36-34-32-30-23-21-19-17-15-13-11-9-7-2/h18,20,24-25,27-28,50H,6-17,19,21-23,26,29-49H2,1-5H3/p+1/b20-18-,25-24-,28-27-. The SMILES string of the molecule is CCCCCCC/C=C\C/C=C\C/C=C\CCCCCCCCCOCC(COP(=O)(O)OCC[N+](C)(C)C)OC(=O)CCCCCCCCCCCCCCCCCC. The van der Waals surface area contributed by atoms with Crippen LogP contribution in [0.4, 0.5) is 0 Å². The molecule has 0 aliphatic carbocycles. The molecule has 0 radical (unpaired) electrons. The molecule has 0 amide bonds. The molecule has 0 aromatic heterocycles. The topological polar surface area (TPSA) is 91.3 Å². The molecule has 0 fully saturated rings. The molecule has 9 heteroatoms. The lowest BCUT2D eigenvalue weighted by atomic mass is 10.0. The van der Waals surface area contributed by atoms with Gasteiger partial charge in [-0.05, 0) is 51.4 Å². The Morgan fingerprint density at radius 1 is 0.517 bits per heavy atom. The summed E-state index contributed by atoms with van der Waals surface area (Å²) < 4.78 is 35.1. The fourth-order valence-electron chi connectivity index (χ4n) is 7.03. The lowest BCUT2D eigenvalue weighted by Gasteiger charge is -2.24. The molecule has 8 nitrogen and oxygen atoms in total. The second kappa shape index (κ2) is 44.3. The number of likely N-dealkylation sites (N-methyl/N-ethyl adjacent to an activating group) is 1. The number of hydrogen-bond donors (Lipinski definition) is 1. The molecular formula is C51H99NO7P+. The normalized spacial score (nSPS) is 13.9. The molecule has 0 aliphatic rings. The zero-order valence-corrected chi connectivity index (χ0v) is 41.1. The van der Waals surface area contributed by atoms with Crippen molar-refractivity contribution in [1.29, 1.82) is 0 Å². The van der Waals surface area contributed by atoms with Crippen molar-refractivity contribution in [1.82, 2.24) is 0 Å². The smallest absolute Gasteiger partial charge is 0.457 e. The first-order valence-corrected chi connectivity index (χ1v) is 26.7. The van der Waals surface area contributed by atoms with Crippen LogP contribution in [-0.2, 0) is 27.9 Å². The predicted octanol–water partition coefficient (Wildman–Crippen LogP) is 15.3. The Morgan fingerprint density at radius 2 is 0.917 bits per heavy atom. The maximum Gasteiger partial charge on any atom is 0.472 e. The molecule has 0 aromatic carbocycles. The van der Waals surface area contributed by atoms with Gasteiger partial charge in [-0.2, -0.15) is 0 Å². The Morgan fingerprint density at radius 3 is 1.37 bits per heavy atom. The van der Waals surface area contributed by atoms with E-state index in [1.807, 2.05) is 21.1 Å². The molecule has 1 N–H and O–H groups in total. The highest BCUT2D eigenvalue weighted by Crippen LogP contribution is 2.43. The van der Waals surface area contributed by atoms with Gasteiger partial charge in [-0.25, -0.2) is 4.57 Å². The molecule has 0 saturated heterocycles. The lowest BCUT2D eigenvalue weighted by Crippen LogP contribution is -2.37. The Kier molecular flexibility index (Phi) is 43.4. The van der Waals surface area contributed by atoms with E-state index in [9.17, 15) is 14.3 Å². The van der Waals surface area contributed by atoms with Gasteiger partial charge in [0.15, 0.2) is 0 Å². The fraction of sp³-hybridized carbons (Fsp3) is 0.863. The summed E-state index contributed by atoms with van der Waals surface area (Å²) >= 11 is 0. The van der Waals surface area contributed by atoms with E-state index in [1.165, 1.54) is 154 Å². The highest BCUT2D eigenvalue weighted by atomic mass is 31.2. The number of nitrogens with zero attached hydrogens (tertiary/aromatic N) is 1. The van der Waals surface area contributed by atoms with Crippen LogP contribution >= 0.6 is 7.82 Å². The second-order valence-electron chi connectivity index (χ2n) is 18.2. The zero-order valence-electron chi connectivity index (χ0n) is 40.2. The quantitative estimate of drug-likeness (QED) is 0.0214. The van der Waals surface area contributed by atoms with E-state index >= 15 is 0 Å². The summed E-state index contributed by atoms with van der Waals surface area (Å²) in [5.41, 5.74) is 0. The summed E-state index contributed by atoms with van der Waals surface area (Å²) in [6.07, 6.45) is 53.2. The van der Waals surface area contributed by atoms with Gasteiger partial charge in [0.25, 0.3) is 0 Å². The Balaban J connectivity index is 4.16. The van der Waals surface area contributed by atoms with Crippen molar-refractivity contribution in [3.8, 4) is 0 Å². The van der Waals surface area contributed by atoms with Crippen LogP contribution in [0.15, 0.2) is 36.5 Å². The van der Waals surface area contributed by atoms with Gasteiger partial charge in [0.05, 0.1) is 34.4 Å². The van der Waals surface area contributed by atoms with Crippen molar-refractivity contribution >= 4 is 13.8 Å². The van der Waals surface area contributed by atoms with Gasteiger partial charge in [0.1, 0.15) is 19.3 Å². The molecule has 0 heterocycles. The number of phosphoric ester groups is 1. The van der Waals surface area contributed by atoms with E-state index in [-0.39, 0.29) is 25.8 Å². The summed E-state index contributed by atoms with van der Waals surface area (Å²) in [6.45, 7) is 5.62. The van der Waals surface area contributed by atoms with E-state index in [0.29, 0.717) is 24.1 Å². The minimum atomic E-state index is -4.28. The number of carbonyl (C=O) groups excluding carboxylic acids is 1. The maximum absolute atomic E-state index is 12.7. The molecule has 0 spiro atoms. The number of ether oxygens (including phenoxy) is 2. The Bertz CT molecular complexity index is 1060. The predicted molar refractivity (Wildman–Crippen MR) is 256 cm³/mol. The lowest BCUT2D eigenvalue weighted by molar-refractivity contribution is -0.870. The summed E-state index contributed by atoms with van der Waals surface area (Å²) in [6, 6.07) is 0. The Labute approximate surface area is 372 Å². The monoisotopic (exact) mass is 869 g/mol. The van der Waals surface area contributed by atoms with Crippen LogP contribution in [0.3, 0.4) is 0 Å². The number of unbranched alkanes of at least 4 members (excludes halogenated alkanes) is 27. The molecule has 60 heavy (non-hydrogen) atoms. The van der Waals surface area contributed by atoms with E-state index in [2.05, 4.69) is 50.3 Å². The van der Waals surface area contributed by atoms with Gasteiger partial charge in [-0.15, -0.1) is 0 Å². The van der Waals surface area contributed by atoms with Gasteiger partial charge in [0, 0.05) is 13.0 Å². The average molecular weight is 869 g/mol. The molecule has 0 aromatic rings. The van der Waals surface area contributed by atoms with Gasteiger partial charge >= 0.3 is 13.8 Å². The van der Waals surface area contributed by atoms with E-state index in [4.69, 9.17) is 18.5 Å². The number of rotatable bonds is 47. The number of quaternary nitrogens is 1. The third-order valence-corrected chi connectivity index (χ3v) is 11.9. The maximum atomic E-state index is 12.7. The largest absolute Gasteiger partial charge is 0.472 e. The van der Waals surface area contributed by atoms with E-state index in [1.54, 1.807) is 0 Å². The number of carbonyl (C=O) groups is 1. The number of allylic oxidation sites excluding steroid dienone is 6. The minimum absolute atomic E-state index is 0.0875. The van der Waals surface area contributed by atoms with Crippen LogP contribution in [-0.4, -0.2) is 75.6 Å². The minimum Gasteiger partial charge on any atom is -0.457 e. The van der Waals surface area contributed by atoms with Crippen LogP contribution in [0.2, 0.25) is 0 Å². The highest BCUT2D eigenvalue weighted by molar-refractivity contribution is 7.47. The van der Waals surface area contributed by atoms with Gasteiger partial charge in [-0.3, -0.25) is 13.8 Å². The summed E-state index contributed by atoms with van der Waals surface area (Å²) in [5, 5.41) is 0. The van der Waals surface area contributed by atoms with Crippen molar-refractivity contribution in [3.05, 3.63) is 36.5 Å². The summed E-state index contributed by atoms with van der Waals surface area (Å²) in [7, 11) is 1.67.